The first kappa shape index (κ1) is 17.8. The van der Waals surface area contributed by atoms with E-state index in [9.17, 15) is 22.4 Å². The fraction of sp³-hybridized carbons (Fsp3) is 0.600. The van der Waals surface area contributed by atoms with Gasteiger partial charge in [0, 0.05) is 5.92 Å². The third-order valence-electron chi connectivity index (χ3n) is 4.87. The molecule has 1 saturated carbocycles. The van der Waals surface area contributed by atoms with E-state index < -0.39 is 20.1 Å². The van der Waals surface area contributed by atoms with Gasteiger partial charge in [-0.15, -0.1) is 0 Å². The second-order valence-electron chi connectivity index (χ2n) is 6.10. The van der Waals surface area contributed by atoms with Crippen LogP contribution in [0.2, 0.25) is 0 Å². The van der Waals surface area contributed by atoms with Crippen LogP contribution >= 0.6 is 0 Å². The van der Waals surface area contributed by atoms with Gasteiger partial charge >= 0.3 is 5.04 Å². The molecule has 0 aromatic heterocycles. The molecule has 0 saturated heterocycles. The number of hydrogen-bond donors (Lipinski definition) is 0. The van der Waals surface area contributed by atoms with Crippen molar-refractivity contribution in [3.05, 3.63) is 27.7 Å². The Balaban J connectivity index is 2.65. The van der Waals surface area contributed by atoms with Crippen LogP contribution in [-0.4, -0.2) is 31.5 Å². The van der Waals surface area contributed by atoms with Crippen LogP contribution in [0.15, 0.2) is 22.1 Å². The van der Waals surface area contributed by atoms with Crippen molar-refractivity contribution in [3.63, 3.8) is 0 Å². The summed E-state index contributed by atoms with van der Waals surface area (Å²) in [6.45, 7) is 5.10. The quantitative estimate of drug-likeness (QED) is 0.248. The van der Waals surface area contributed by atoms with Crippen molar-refractivity contribution in [2.75, 3.05) is 0 Å². The molecule has 2 aliphatic carbocycles. The number of allylic oxidation sites excluding steroid dienone is 3. The molecule has 1 atom stereocenters. The maximum absolute atomic E-state index is 12.9. The highest BCUT2D eigenvalue weighted by atomic mass is 32.2. The van der Waals surface area contributed by atoms with Gasteiger partial charge < -0.3 is 5.53 Å². The Morgan fingerprint density at radius 1 is 1.26 bits per heavy atom. The minimum atomic E-state index is -4.02. The molecule has 2 aliphatic rings. The Morgan fingerprint density at radius 3 is 2.30 bits per heavy atom. The Hall–Kier alpha value is -1.50. The van der Waals surface area contributed by atoms with Crippen molar-refractivity contribution >= 4 is 30.0 Å². The SMILES string of the molecule is CC1=C(C)C(C)C(=S(=O)=O)C=C1S(=O)(=O)C(=[N+]=[N-])C1CCCC1. The van der Waals surface area contributed by atoms with Crippen LogP contribution in [0.4, 0.5) is 0 Å². The van der Waals surface area contributed by atoms with Gasteiger partial charge in [-0.2, -0.15) is 13.2 Å². The van der Waals surface area contributed by atoms with Gasteiger partial charge in [0.2, 0.25) is 10.3 Å². The van der Waals surface area contributed by atoms with E-state index in [0.717, 1.165) is 12.8 Å². The second kappa shape index (κ2) is 6.55. The first-order valence-corrected chi connectivity index (χ1v) is 10.1. The molecule has 0 aromatic rings. The Bertz CT molecular complexity index is 872. The van der Waals surface area contributed by atoms with Gasteiger partial charge in [0.1, 0.15) is 0 Å². The molecular weight excluding hydrogens is 336 g/mol. The number of sulfone groups is 1. The molecule has 0 N–H and O–H groups in total. The largest absolute Gasteiger partial charge is 0.388 e. The molecule has 2 rings (SSSR count). The summed E-state index contributed by atoms with van der Waals surface area (Å²) in [5.74, 6) is -0.673. The van der Waals surface area contributed by atoms with Gasteiger partial charge in [-0.25, -0.2) is 8.42 Å². The molecule has 1 fully saturated rings. The van der Waals surface area contributed by atoms with E-state index in [-0.39, 0.29) is 26.6 Å². The standard InChI is InChI=1S/C15H20N2O4S2/c1-9-10(2)13(22(18)19)8-14(11(9)3)23(20,21)15(17-16)12-6-4-5-7-12/h8,10,12H,4-7H2,1-3H3. The molecule has 0 aliphatic heterocycles. The zero-order valence-electron chi connectivity index (χ0n) is 13.4. The van der Waals surface area contributed by atoms with Gasteiger partial charge in [0.25, 0.3) is 9.84 Å². The number of rotatable bonds is 2. The van der Waals surface area contributed by atoms with Gasteiger partial charge in [0.15, 0.2) is 0 Å². The average molecular weight is 356 g/mol. The van der Waals surface area contributed by atoms with Gasteiger partial charge in [-0.1, -0.05) is 25.3 Å². The van der Waals surface area contributed by atoms with E-state index in [1.165, 1.54) is 6.08 Å². The average Bonchev–Trinajstić information content (AvgIpc) is 2.98. The minimum Gasteiger partial charge on any atom is -0.360 e. The van der Waals surface area contributed by atoms with Crippen LogP contribution in [-0.2, 0) is 20.1 Å². The Kier molecular flexibility index (Phi) is 5.08. The Labute approximate surface area is 138 Å². The molecule has 0 heterocycles. The highest BCUT2D eigenvalue weighted by Crippen LogP contribution is 2.35. The first-order chi connectivity index (χ1) is 10.7. The summed E-state index contributed by atoms with van der Waals surface area (Å²) in [6, 6.07) is 0. The minimum absolute atomic E-state index is 0.0374. The summed E-state index contributed by atoms with van der Waals surface area (Å²) in [7, 11) is -6.52. The lowest BCUT2D eigenvalue weighted by Crippen LogP contribution is -2.29. The van der Waals surface area contributed by atoms with Crippen LogP contribution in [0.5, 0.6) is 0 Å². The summed E-state index contributed by atoms with van der Waals surface area (Å²) in [5.41, 5.74) is 10.5. The highest BCUT2D eigenvalue weighted by Gasteiger charge is 2.42. The van der Waals surface area contributed by atoms with E-state index in [1.807, 2.05) is 0 Å². The van der Waals surface area contributed by atoms with Crippen LogP contribution in [0.25, 0.3) is 5.53 Å². The maximum atomic E-state index is 12.9. The maximum Gasteiger partial charge on any atom is 0.388 e. The summed E-state index contributed by atoms with van der Waals surface area (Å²) in [4.78, 5) is 3.03. The topological polar surface area (TPSA) is 105 Å². The van der Waals surface area contributed by atoms with Crippen molar-refractivity contribution in [2.45, 2.75) is 46.5 Å². The van der Waals surface area contributed by atoms with Crippen molar-refractivity contribution in [3.8, 4) is 0 Å². The molecule has 23 heavy (non-hydrogen) atoms. The fourth-order valence-corrected chi connectivity index (χ4v) is 5.81. The summed E-state index contributed by atoms with van der Waals surface area (Å²) >= 11 is 0. The van der Waals surface area contributed by atoms with Crippen molar-refractivity contribution in [1.82, 2.24) is 0 Å². The smallest absolute Gasteiger partial charge is 0.360 e. The third-order valence-corrected chi connectivity index (χ3v) is 7.70. The molecule has 8 heteroatoms. The number of nitrogens with zero attached hydrogens (tertiary/aromatic N) is 2. The molecule has 0 spiro atoms. The molecule has 0 amide bonds. The van der Waals surface area contributed by atoms with Crippen molar-refractivity contribution < 1.29 is 21.6 Å². The van der Waals surface area contributed by atoms with E-state index >= 15 is 0 Å². The van der Waals surface area contributed by atoms with Gasteiger partial charge in [0.05, 0.1) is 15.7 Å². The lowest BCUT2D eigenvalue weighted by atomic mass is 9.90. The van der Waals surface area contributed by atoms with Crippen LogP contribution in [0.1, 0.15) is 46.5 Å². The zero-order chi connectivity index (χ0) is 17.4. The lowest BCUT2D eigenvalue weighted by Gasteiger charge is -2.22. The summed E-state index contributed by atoms with van der Waals surface area (Å²) in [6.07, 6.45) is 4.31. The molecule has 0 radical (unpaired) electrons. The second-order valence-corrected chi connectivity index (χ2v) is 8.90. The summed E-state index contributed by atoms with van der Waals surface area (Å²) < 4.78 is 48.7. The molecule has 6 nitrogen and oxygen atoms in total. The predicted molar refractivity (Wildman–Crippen MR) is 89.1 cm³/mol. The van der Waals surface area contributed by atoms with Crippen molar-refractivity contribution in [2.24, 2.45) is 11.8 Å². The fourth-order valence-electron chi connectivity index (χ4n) is 3.21. The van der Waals surface area contributed by atoms with E-state index in [2.05, 4.69) is 4.79 Å². The third kappa shape index (κ3) is 3.11. The zero-order valence-corrected chi connectivity index (χ0v) is 15.0. The summed E-state index contributed by atoms with van der Waals surface area (Å²) in [5, 5.41) is -0.251. The Morgan fingerprint density at radius 2 is 1.83 bits per heavy atom. The van der Waals surface area contributed by atoms with Crippen LogP contribution in [0, 0.1) is 11.8 Å². The normalized spacial score (nSPS) is 22.8. The van der Waals surface area contributed by atoms with Crippen molar-refractivity contribution in [1.29, 1.82) is 0 Å². The predicted octanol–water partition coefficient (Wildman–Crippen LogP) is 2.14. The van der Waals surface area contributed by atoms with Gasteiger partial charge in [-0.3, -0.25) is 0 Å². The van der Waals surface area contributed by atoms with Crippen LogP contribution < -0.4 is 0 Å². The lowest BCUT2D eigenvalue weighted by molar-refractivity contribution is -0.00727. The number of hydrogen-bond acceptors (Lipinski definition) is 4. The van der Waals surface area contributed by atoms with Gasteiger partial charge in [-0.05, 0) is 38.3 Å². The van der Waals surface area contributed by atoms with E-state index in [1.54, 1.807) is 20.8 Å². The highest BCUT2D eigenvalue weighted by molar-refractivity contribution is 8.09. The van der Waals surface area contributed by atoms with E-state index in [4.69, 9.17) is 0 Å². The first-order valence-electron chi connectivity index (χ1n) is 7.54. The monoisotopic (exact) mass is 356 g/mol. The molecular formula is C15H20N2O4S2. The molecule has 1 unspecified atom stereocenters. The molecule has 126 valence electrons. The van der Waals surface area contributed by atoms with Crippen LogP contribution in [0.3, 0.4) is 0 Å². The van der Waals surface area contributed by atoms with E-state index in [0.29, 0.717) is 24.0 Å². The molecule has 0 aromatic carbocycles. The molecule has 0 bridgehead atoms.